The number of benzene rings is 1. The molecule has 1 aromatic heterocycles. The Morgan fingerprint density at radius 2 is 2.05 bits per heavy atom. The minimum absolute atomic E-state index is 0.0459. The van der Waals surface area contributed by atoms with Crippen molar-refractivity contribution in [3.63, 3.8) is 0 Å². The molecule has 0 spiro atoms. The number of nitrogens with one attached hydrogen (secondary N) is 2. The number of anilines is 2. The Kier molecular flexibility index (Phi) is 3.70. The summed E-state index contributed by atoms with van der Waals surface area (Å²) in [4.78, 5) is 0. The molecule has 2 aromatic rings. The fourth-order valence-corrected chi connectivity index (χ4v) is 1.42. The van der Waals surface area contributed by atoms with E-state index in [4.69, 9.17) is 4.42 Å². The average molecular weight is 272 g/mol. The lowest BCUT2D eigenvalue weighted by molar-refractivity contribution is -0.137. The highest BCUT2D eigenvalue weighted by molar-refractivity contribution is 5.53. The van der Waals surface area contributed by atoms with Crippen molar-refractivity contribution in [3.05, 3.63) is 35.7 Å². The highest BCUT2D eigenvalue weighted by Gasteiger charge is 2.30. The zero-order chi connectivity index (χ0) is 13.9. The van der Waals surface area contributed by atoms with Crippen molar-refractivity contribution < 1.29 is 17.6 Å². The maximum atomic E-state index is 12.5. The van der Waals surface area contributed by atoms with Crippen LogP contribution < -0.4 is 10.6 Å². The minimum Gasteiger partial charge on any atom is -0.406 e. The highest BCUT2D eigenvalue weighted by Crippen LogP contribution is 2.31. The van der Waals surface area contributed by atoms with E-state index in [-0.39, 0.29) is 11.7 Å². The molecule has 0 aliphatic heterocycles. The molecular weight excluding hydrogens is 261 g/mol. The van der Waals surface area contributed by atoms with Gasteiger partial charge in [0.25, 0.3) is 0 Å². The van der Waals surface area contributed by atoms with Gasteiger partial charge in [-0.1, -0.05) is 11.2 Å². The second kappa shape index (κ2) is 5.27. The number of alkyl halides is 3. The monoisotopic (exact) mass is 272 g/mol. The van der Waals surface area contributed by atoms with E-state index in [0.717, 1.165) is 12.1 Å². The van der Waals surface area contributed by atoms with Crippen LogP contribution in [-0.2, 0) is 12.7 Å². The van der Waals surface area contributed by atoms with Crippen molar-refractivity contribution in [2.75, 3.05) is 12.4 Å². The normalized spacial score (nSPS) is 11.6. The molecule has 0 amide bonds. The van der Waals surface area contributed by atoms with Gasteiger partial charge in [0.15, 0.2) is 0 Å². The van der Waals surface area contributed by atoms with E-state index in [1.807, 2.05) is 0 Å². The number of hydrogen-bond donors (Lipinski definition) is 2. The Bertz CT molecular complexity index is 553. The van der Waals surface area contributed by atoms with Gasteiger partial charge in [0.1, 0.15) is 0 Å². The van der Waals surface area contributed by atoms with Crippen molar-refractivity contribution in [1.29, 1.82) is 0 Å². The highest BCUT2D eigenvalue weighted by atomic mass is 19.4. The number of aromatic nitrogens is 2. The Hall–Kier alpha value is -2.09. The maximum Gasteiger partial charge on any atom is 0.416 e. The molecule has 0 fully saturated rings. The molecule has 102 valence electrons. The summed E-state index contributed by atoms with van der Waals surface area (Å²) >= 11 is 0. The predicted molar refractivity (Wildman–Crippen MR) is 61.8 cm³/mol. The van der Waals surface area contributed by atoms with Crippen LogP contribution in [0.15, 0.2) is 28.7 Å². The first-order valence-corrected chi connectivity index (χ1v) is 5.40. The van der Waals surface area contributed by atoms with Gasteiger partial charge >= 0.3 is 12.2 Å². The van der Waals surface area contributed by atoms with E-state index in [2.05, 4.69) is 20.8 Å². The molecular formula is C11H11F3N4O. The van der Waals surface area contributed by atoms with Crippen molar-refractivity contribution in [2.45, 2.75) is 12.7 Å². The number of halogens is 3. The number of rotatable bonds is 4. The lowest BCUT2D eigenvalue weighted by Gasteiger charge is -2.08. The van der Waals surface area contributed by atoms with Gasteiger partial charge in [0.05, 0.1) is 12.1 Å². The fourth-order valence-electron chi connectivity index (χ4n) is 1.42. The van der Waals surface area contributed by atoms with Gasteiger partial charge in [-0.25, -0.2) is 0 Å². The molecule has 0 atom stereocenters. The summed E-state index contributed by atoms with van der Waals surface area (Å²) in [7, 11) is 1.71. The zero-order valence-electron chi connectivity index (χ0n) is 9.95. The summed E-state index contributed by atoms with van der Waals surface area (Å²) in [6, 6.07) is 4.80. The molecule has 0 aliphatic carbocycles. The molecule has 0 saturated heterocycles. The van der Waals surface area contributed by atoms with Crippen LogP contribution >= 0.6 is 0 Å². The Morgan fingerprint density at radius 3 is 2.74 bits per heavy atom. The van der Waals surface area contributed by atoms with E-state index in [9.17, 15) is 13.2 Å². The number of nitrogens with zero attached hydrogens (tertiary/aromatic N) is 2. The van der Waals surface area contributed by atoms with E-state index in [1.54, 1.807) is 7.05 Å². The summed E-state index contributed by atoms with van der Waals surface area (Å²) in [6.07, 6.45) is -4.39. The van der Waals surface area contributed by atoms with Crippen LogP contribution in [0.4, 0.5) is 24.9 Å². The smallest absolute Gasteiger partial charge is 0.406 e. The molecule has 0 saturated carbocycles. The third kappa shape index (κ3) is 3.44. The first-order valence-electron chi connectivity index (χ1n) is 5.40. The van der Waals surface area contributed by atoms with Crippen molar-refractivity contribution in [3.8, 4) is 0 Å². The molecule has 5 nitrogen and oxygen atoms in total. The Balaban J connectivity index is 2.14. The number of hydrogen-bond acceptors (Lipinski definition) is 5. The summed E-state index contributed by atoms with van der Waals surface area (Å²) in [6.45, 7) is 0.386. The van der Waals surface area contributed by atoms with Crippen LogP contribution in [0.5, 0.6) is 0 Å². The van der Waals surface area contributed by atoms with Gasteiger partial charge in [-0.15, -0.1) is 5.10 Å². The lowest BCUT2D eigenvalue weighted by atomic mass is 10.2. The molecule has 8 heteroatoms. The van der Waals surface area contributed by atoms with Gasteiger partial charge in [0, 0.05) is 5.69 Å². The average Bonchev–Trinajstić information content (AvgIpc) is 2.76. The predicted octanol–water partition coefficient (Wildman–Crippen LogP) is 2.55. The van der Waals surface area contributed by atoms with Crippen LogP contribution in [0.3, 0.4) is 0 Å². The van der Waals surface area contributed by atoms with E-state index in [1.165, 1.54) is 12.1 Å². The molecule has 0 aliphatic rings. The summed E-state index contributed by atoms with van der Waals surface area (Å²) in [5.74, 6) is 0.344. The SMILES string of the molecule is CNCc1nnc(Nc2cccc(C(F)(F)F)c2)o1. The Labute approximate surface area is 106 Å². The van der Waals surface area contributed by atoms with Gasteiger partial charge < -0.3 is 15.1 Å². The van der Waals surface area contributed by atoms with Crippen molar-refractivity contribution >= 4 is 11.7 Å². The van der Waals surface area contributed by atoms with E-state index >= 15 is 0 Å². The summed E-state index contributed by atoms with van der Waals surface area (Å²) < 4.78 is 42.7. The third-order valence-electron chi connectivity index (χ3n) is 2.24. The summed E-state index contributed by atoms with van der Waals surface area (Å²) in [5, 5.41) is 12.8. The minimum atomic E-state index is -4.39. The molecule has 2 rings (SSSR count). The molecule has 19 heavy (non-hydrogen) atoms. The quantitative estimate of drug-likeness (QED) is 0.895. The van der Waals surface area contributed by atoms with Crippen LogP contribution in [-0.4, -0.2) is 17.2 Å². The van der Waals surface area contributed by atoms with Gasteiger partial charge in [0.2, 0.25) is 5.89 Å². The third-order valence-corrected chi connectivity index (χ3v) is 2.24. The molecule has 0 radical (unpaired) electrons. The van der Waals surface area contributed by atoms with Gasteiger partial charge in [-0.05, 0) is 25.2 Å². The van der Waals surface area contributed by atoms with Gasteiger partial charge in [-0.2, -0.15) is 13.2 Å². The summed E-state index contributed by atoms with van der Waals surface area (Å²) in [5.41, 5.74) is -0.512. The first-order chi connectivity index (χ1) is 8.99. The standard InChI is InChI=1S/C11H11F3N4O/c1-15-6-9-17-18-10(19-9)16-8-4-2-3-7(5-8)11(12,13)14/h2-5,15H,6H2,1H3,(H,16,18). The molecule has 1 heterocycles. The maximum absolute atomic E-state index is 12.5. The molecule has 2 N–H and O–H groups in total. The van der Waals surface area contributed by atoms with Crippen LogP contribution in [0, 0.1) is 0 Å². The van der Waals surface area contributed by atoms with Crippen molar-refractivity contribution in [1.82, 2.24) is 15.5 Å². The van der Waals surface area contributed by atoms with E-state index in [0.29, 0.717) is 12.4 Å². The first kappa shape index (κ1) is 13.3. The van der Waals surface area contributed by atoms with Crippen LogP contribution in [0.25, 0.3) is 0 Å². The molecule has 1 aromatic carbocycles. The Morgan fingerprint density at radius 1 is 1.26 bits per heavy atom. The second-order valence-electron chi connectivity index (χ2n) is 3.73. The van der Waals surface area contributed by atoms with Crippen LogP contribution in [0.2, 0.25) is 0 Å². The molecule has 0 bridgehead atoms. The lowest BCUT2D eigenvalue weighted by Crippen LogP contribution is -2.05. The largest absolute Gasteiger partial charge is 0.416 e. The second-order valence-corrected chi connectivity index (χ2v) is 3.73. The van der Waals surface area contributed by atoms with E-state index < -0.39 is 11.7 Å². The zero-order valence-corrected chi connectivity index (χ0v) is 9.95. The van der Waals surface area contributed by atoms with Crippen molar-refractivity contribution in [2.24, 2.45) is 0 Å². The molecule has 0 unspecified atom stereocenters. The van der Waals surface area contributed by atoms with Crippen LogP contribution in [0.1, 0.15) is 11.5 Å². The van der Waals surface area contributed by atoms with Gasteiger partial charge in [-0.3, -0.25) is 0 Å². The fraction of sp³-hybridized carbons (Fsp3) is 0.273. The topological polar surface area (TPSA) is 63.0 Å².